The van der Waals surface area contributed by atoms with Gasteiger partial charge in [0, 0.05) is 0 Å². The molecule has 0 radical (unpaired) electrons. The first-order valence-corrected chi connectivity index (χ1v) is 8.38. The number of hydrogen-bond acceptors (Lipinski definition) is 1. The van der Waals surface area contributed by atoms with Crippen LogP contribution in [0.2, 0.25) is 0 Å². The van der Waals surface area contributed by atoms with Crippen LogP contribution < -0.4 is 0 Å². The van der Waals surface area contributed by atoms with Crippen LogP contribution in [-0.2, 0) is 19.3 Å². The van der Waals surface area contributed by atoms with E-state index in [0.717, 1.165) is 18.4 Å². The van der Waals surface area contributed by atoms with Crippen molar-refractivity contribution < 1.29 is 0 Å². The molecular weight excluding hydrogens is 266 g/mol. The zero-order chi connectivity index (χ0) is 15.6. The molecule has 114 valence electrons. The van der Waals surface area contributed by atoms with Crippen LogP contribution in [0.5, 0.6) is 0 Å². The molecule has 0 aromatic heterocycles. The SMILES string of the molecule is CCCCc1ccc(CCCCc2ccc(C#N)cc2)cc1. The minimum Gasteiger partial charge on any atom is -0.192 e. The molecule has 0 unspecified atom stereocenters. The van der Waals surface area contributed by atoms with E-state index in [1.54, 1.807) is 0 Å². The summed E-state index contributed by atoms with van der Waals surface area (Å²) < 4.78 is 0. The minimum absolute atomic E-state index is 0.743. The van der Waals surface area contributed by atoms with E-state index in [-0.39, 0.29) is 0 Å². The van der Waals surface area contributed by atoms with Crippen molar-refractivity contribution in [2.24, 2.45) is 0 Å². The van der Waals surface area contributed by atoms with Gasteiger partial charge in [0.15, 0.2) is 0 Å². The third kappa shape index (κ3) is 5.37. The van der Waals surface area contributed by atoms with E-state index < -0.39 is 0 Å². The van der Waals surface area contributed by atoms with Crippen LogP contribution in [0, 0.1) is 11.3 Å². The molecule has 0 spiro atoms. The molecular formula is C21H25N. The topological polar surface area (TPSA) is 23.8 Å². The Morgan fingerprint density at radius 3 is 1.50 bits per heavy atom. The average molecular weight is 291 g/mol. The van der Waals surface area contributed by atoms with Gasteiger partial charge in [0.1, 0.15) is 0 Å². The molecule has 22 heavy (non-hydrogen) atoms. The highest BCUT2D eigenvalue weighted by molar-refractivity contribution is 5.31. The van der Waals surface area contributed by atoms with Crippen LogP contribution in [0.15, 0.2) is 48.5 Å². The number of rotatable bonds is 8. The van der Waals surface area contributed by atoms with Gasteiger partial charge in [0.2, 0.25) is 0 Å². The summed E-state index contributed by atoms with van der Waals surface area (Å²) in [6.07, 6.45) is 8.42. The molecule has 0 atom stereocenters. The quantitative estimate of drug-likeness (QED) is 0.592. The van der Waals surface area contributed by atoms with Crippen molar-refractivity contribution in [1.29, 1.82) is 5.26 Å². The molecule has 0 heterocycles. The third-order valence-corrected chi connectivity index (χ3v) is 4.11. The maximum absolute atomic E-state index is 8.79. The standard InChI is InChI=1S/C21H25N/c1-2-3-6-18-9-11-19(12-10-18)7-4-5-8-20-13-15-21(17-22)16-14-20/h9-16H,2-8H2,1H3. The van der Waals surface area contributed by atoms with Crippen LogP contribution in [-0.4, -0.2) is 0 Å². The van der Waals surface area contributed by atoms with E-state index >= 15 is 0 Å². The number of nitrogens with zero attached hydrogens (tertiary/aromatic N) is 1. The minimum atomic E-state index is 0.743. The van der Waals surface area contributed by atoms with Crippen molar-refractivity contribution in [2.75, 3.05) is 0 Å². The fraction of sp³-hybridized carbons (Fsp3) is 0.381. The maximum Gasteiger partial charge on any atom is 0.0991 e. The Morgan fingerprint density at radius 2 is 1.09 bits per heavy atom. The van der Waals surface area contributed by atoms with Gasteiger partial charge >= 0.3 is 0 Å². The first-order valence-electron chi connectivity index (χ1n) is 8.38. The Kier molecular flexibility index (Phi) is 6.71. The lowest BCUT2D eigenvalue weighted by Crippen LogP contribution is -1.91. The predicted octanol–water partition coefficient (Wildman–Crippen LogP) is 5.47. The fourth-order valence-corrected chi connectivity index (χ4v) is 2.66. The molecule has 1 nitrogen and oxygen atoms in total. The van der Waals surface area contributed by atoms with Crippen molar-refractivity contribution in [1.82, 2.24) is 0 Å². The molecule has 0 aliphatic heterocycles. The summed E-state index contributed by atoms with van der Waals surface area (Å²) in [5.74, 6) is 0. The lowest BCUT2D eigenvalue weighted by Gasteiger charge is -2.05. The molecule has 0 amide bonds. The Labute approximate surface area is 134 Å². The van der Waals surface area contributed by atoms with Gasteiger partial charge in [-0.15, -0.1) is 0 Å². The van der Waals surface area contributed by atoms with Gasteiger partial charge in [-0.05, 0) is 67.3 Å². The summed E-state index contributed by atoms with van der Waals surface area (Å²) in [5.41, 5.74) is 4.98. The molecule has 0 fully saturated rings. The van der Waals surface area contributed by atoms with Gasteiger partial charge in [-0.1, -0.05) is 49.7 Å². The van der Waals surface area contributed by atoms with Crippen molar-refractivity contribution in [3.05, 3.63) is 70.8 Å². The molecule has 0 aliphatic carbocycles. The summed E-state index contributed by atoms with van der Waals surface area (Å²) >= 11 is 0. The summed E-state index contributed by atoms with van der Waals surface area (Å²) in [7, 11) is 0. The molecule has 2 aromatic carbocycles. The molecule has 2 aromatic rings. The number of aryl methyl sites for hydroxylation is 3. The highest BCUT2D eigenvalue weighted by atomic mass is 14.2. The molecule has 2 rings (SSSR count). The Morgan fingerprint density at radius 1 is 0.682 bits per heavy atom. The van der Waals surface area contributed by atoms with Gasteiger partial charge < -0.3 is 0 Å². The van der Waals surface area contributed by atoms with Crippen LogP contribution in [0.4, 0.5) is 0 Å². The van der Waals surface area contributed by atoms with Gasteiger partial charge in [0.25, 0.3) is 0 Å². The van der Waals surface area contributed by atoms with E-state index in [1.165, 1.54) is 48.8 Å². The van der Waals surface area contributed by atoms with E-state index in [0.29, 0.717) is 0 Å². The molecule has 0 aliphatic rings. The van der Waals surface area contributed by atoms with Crippen LogP contribution in [0.25, 0.3) is 0 Å². The maximum atomic E-state index is 8.79. The van der Waals surface area contributed by atoms with E-state index in [1.807, 2.05) is 12.1 Å². The van der Waals surface area contributed by atoms with E-state index in [4.69, 9.17) is 5.26 Å². The van der Waals surface area contributed by atoms with Crippen molar-refractivity contribution >= 4 is 0 Å². The highest BCUT2D eigenvalue weighted by Crippen LogP contribution is 2.12. The Hall–Kier alpha value is -2.07. The van der Waals surface area contributed by atoms with Gasteiger partial charge in [-0.3, -0.25) is 0 Å². The van der Waals surface area contributed by atoms with Gasteiger partial charge in [0.05, 0.1) is 11.6 Å². The zero-order valence-corrected chi connectivity index (χ0v) is 13.5. The van der Waals surface area contributed by atoms with Crippen LogP contribution >= 0.6 is 0 Å². The van der Waals surface area contributed by atoms with E-state index in [2.05, 4.69) is 49.4 Å². The monoisotopic (exact) mass is 291 g/mol. The predicted molar refractivity (Wildman–Crippen MR) is 92.9 cm³/mol. The first kappa shape index (κ1) is 16.3. The fourth-order valence-electron chi connectivity index (χ4n) is 2.66. The molecule has 0 N–H and O–H groups in total. The second-order valence-corrected chi connectivity index (χ2v) is 5.94. The number of unbranched alkanes of at least 4 members (excludes halogenated alkanes) is 2. The van der Waals surface area contributed by atoms with Crippen LogP contribution in [0.1, 0.15) is 54.9 Å². The van der Waals surface area contributed by atoms with Crippen molar-refractivity contribution in [3.63, 3.8) is 0 Å². The van der Waals surface area contributed by atoms with Gasteiger partial charge in [-0.25, -0.2) is 0 Å². The summed E-state index contributed by atoms with van der Waals surface area (Å²) in [6, 6.07) is 19.3. The number of benzene rings is 2. The van der Waals surface area contributed by atoms with E-state index in [9.17, 15) is 0 Å². The smallest absolute Gasteiger partial charge is 0.0991 e. The lowest BCUT2D eigenvalue weighted by molar-refractivity contribution is 0.733. The zero-order valence-electron chi connectivity index (χ0n) is 13.5. The van der Waals surface area contributed by atoms with Crippen molar-refractivity contribution in [2.45, 2.75) is 51.9 Å². The summed E-state index contributed by atoms with van der Waals surface area (Å²) in [4.78, 5) is 0. The molecule has 0 saturated heterocycles. The highest BCUT2D eigenvalue weighted by Gasteiger charge is 1.98. The Bertz CT molecular complexity index is 587. The Balaban J connectivity index is 1.70. The summed E-state index contributed by atoms with van der Waals surface area (Å²) in [6.45, 7) is 2.24. The molecule has 0 saturated carbocycles. The number of hydrogen-bond donors (Lipinski definition) is 0. The molecule has 0 bridgehead atoms. The van der Waals surface area contributed by atoms with Gasteiger partial charge in [-0.2, -0.15) is 5.26 Å². The number of nitriles is 1. The summed E-state index contributed by atoms with van der Waals surface area (Å²) in [5, 5.41) is 8.79. The largest absolute Gasteiger partial charge is 0.192 e. The van der Waals surface area contributed by atoms with Crippen LogP contribution in [0.3, 0.4) is 0 Å². The molecule has 1 heteroatoms. The second kappa shape index (κ2) is 9.05. The third-order valence-electron chi connectivity index (χ3n) is 4.11. The van der Waals surface area contributed by atoms with Crippen molar-refractivity contribution in [3.8, 4) is 6.07 Å². The lowest BCUT2D eigenvalue weighted by atomic mass is 10.0. The second-order valence-electron chi connectivity index (χ2n) is 5.94. The first-order chi connectivity index (χ1) is 10.8. The normalized spacial score (nSPS) is 10.4. The average Bonchev–Trinajstić information content (AvgIpc) is 2.58.